The van der Waals surface area contributed by atoms with Crippen molar-refractivity contribution in [2.45, 2.75) is 26.1 Å². The maximum atomic E-state index is 14.4. The zero-order valence-electron chi connectivity index (χ0n) is 13.0. The lowest BCUT2D eigenvalue weighted by atomic mass is 10.1. The maximum absolute atomic E-state index is 14.4. The number of benzene rings is 2. The summed E-state index contributed by atoms with van der Waals surface area (Å²) in [6, 6.07) is 5.83. The van der Waals surface area contributed by atoms with Crippen LogP contribution in [0.1, 0.15) is 19.8 Å². The van der Waals surface area contributed by atoms with Gasteiger partial charge in [0.15, 0.2) is 11.6 Å². The van der Waals surface area contributed by atoms with Crippen LogP contribution in [-0.4, -0.2) is 13.0 Å². The Bertz CT molecular complexity index is 917. The number of rotatable bonds is 5. The predicted molar refractivity (Wildman–Crippen MR) is 86.3 cm³/mol. The molecule has 0 aliphatic heterocycles. The summed E-state index contributed by atoms with van der Waals surface area (Å²) < 4.78 is 74.8. The van der Waals surface area contributed by atoms with Crippen molar-refractivity contribution in [3.8, 4) is 11.5 Å². The Labute approximate surface area is 143 Å². The fourth-order valence-electron chi connectivity index (χ4n) is 2.44. The molecule has 134 valence electrons. The van der Waals surface area contributed by atoms with E-state index >= 15 is 0 Å². The lowest BCUT2D eigenvalue weighted by Crippen LogP contribution is -2.18. The van der Waals surface area contributed by atoms with Gasteiger partial charge in [-0.3, -0.25) is 0 Å². The molecule has 0 spiro atoms. The lowest BCUT2D eigenvalue weighted by Gasteiger charge is -2.10. The molecule has 0 amide bonds. The van der Waals surface area contributed by atoms with Crippen molar-refractivity contribution in [1.29, 1.82) is 0 Å². The first-order chi connectivity index (χ1) is 11.8. The maximum Gasteiger partial charge on any atom is 0.573 e. The average molecular weight is 376 g/mol. The zero-order valence-corrected chi connectivity index (χ0v) is 13.9. The van der Waals surface area contributed by atoms with Gasteiger partial charge in [-0.25, -0.2) is 8.78 Å². The van der Waals surface area contributed by atoms with Crippen LogP contribution in [-0.2, 0) is 0 Å². The number of halogens is 5. The molecule has 8 heteroatoms. The highest BCUT2D eigenvalue weighted by Gasteiger charge is 2.35. The highest BCUT2D eigenvalue weighted by Crippen LogP contribution is 2.42. The van der Waals surface area contributed by atoms with Crippen LogP contribution >= 0.6 is 11.3 Å². The fourth-order valence-corrected chi connectivity index (χ4v) is 3.58. The predicted octanol–water partition coefficient (Wildman–Crippen LogP) is 6.41. The molecule has 0 N–H and O–H groups in total. The second kappa shape index (κ2) is 6.67. The zero-order chi connectivity index (χ0) is 18.2. The third-order valence-corrected chi connectivity index (χ3v) is 4.73. The second-order valence-corrected chi connectivity index (χ2v) is 6.44. The molecule has 0 unspecified atom stereocenters. The third-order valence-electron chi connectivity index (χ3n) is 3.57. The molecule has 3 aromatic rings. The molecule has 2 aromatic carbocycles. The van der Waals surface area contributed by atoms with E-state index < -0.39 is 23.7 Å². The Morgan fingerprint density at radius 3 is 2.52 bits per heavy atom. The number of alkyl halides is 3. The Balaban J connectivity index is 2.08. The Kier molecular flexibility index (Phi) is 4.73. The van der Waals surface area contributed by atoms with E-state index in [1.54, 1.807) is 18.2 Å². The summed E-state index contributed by atoms with van der Waals surface area (Å²) in [6.45, 7) is 2.55. The average Bonchev–Trinajstić information content (AvgIpc) is 2.89. The lowest BCUT2D eigenvalue weighted by molar-refractivity contribution is -0.276. The van der Waals surface area contributed by atoms with E-state index in [4.69, 9.17) is 4.74 Å². The summed E-state index contributed by atoms with van der Waals surface area (Å²) in [5, 5.41) is 0.740. The minimum absolute atomic E-state index is 0.0960. The molecule has 25 heavy (non-hydrogen) atoms. The summed E-state index contributed by atoms with van der Waals surface area (Å²) >= 11 is 0.922. The van der Waals surface area contributed by atoms with Gasteiger partial charge in [0, 0.05) is 15.5 Å². The van der Waals surface area contributed by atoms with Gasteiger partial charge in [-0.05, 0) is 30.7 Å². The number of unbranched alkanes of at least 4 members (excludes halogenated alkanes) is 1. The Morgan fingerprint density at radius 1 is 1.08 bits per heavy atom. The highest BCUT2D eigenvalue weighted by atomic mass is 32.1. The van der Waals surface area contributed by atoms with Crippen molar-refractivity contribution in [2.24, 2.45) is 0 Å². The Hall–Kier alpha value is -2.09. The molecule has 0 bridgehead atoms. The van der Waals surface area contributed by atoms with E-state index in [0.717, 1.165) is 30.2 Å². The number of thiophene rings is 1. The van der Waals surface area contributed by atoms with Crippen LogP contribution in [0, 0.1) is 11.6 Å². The van der Waals surface area contributed by atoms with Crippen LogP contribution in [0.3, 0.4) is 0 Å². The first kappa shape index (κ1) is 17.7. The molecular weight excluding hydrogens is 363 g/mol. The van der Waals surface area contributed by atoms with Crippen molar-refractivity contribution in [2.75, 3.05) is 6.61 Å². The van der Waals surface area contributed by atoms with Crippen LogP contribution in [0.2, 0.25) is 0 Å². The topological polar surface area (TPSA) is 18.5 Å². The molecular formula is C17H13F5O2S. The quantitative estimate of drug-likeness (QED) is 0.378. The van der Waals surface area contributed by atoms with Gasteiger partial charge in [-0.15, -0.1) is 24.5 Å². The molecule has 0 aliphatic rings. The van der Waals surface area contributed by atoms with E-state index in [1.165, 1.54) is 0 Å². The van der Waals surface area contributed by atoms with Gasteiger partial charge in [0.05, 0.1) is 11.3 Å². The van der Waals surface area contributed by atoms with Crippen LogP contribution in [0.4, 0.5) is 22.0 Å². The molecule has 0 atom stereocenters. The fraction of sp³-hybridized carbons (Fsp3) is 0.294. The van der Waals surface area contributed by atoms with E-state index in [-0.39, 0.29) is 10.1 Å². The summed E-state index contributed by atoms with van der Waals surface area (Å²) in [5.74, 6) is -3.63. The van der Waals surface area contributed by atoms with Crippen LogP contribution in [0.25, 0.3) is 20.2 Å². The molecule has 1 aromatic heterocycles. The van der Waals surface area contributed by atoms with Crippen molar-refractivity contribution in [1.82, 2.24) is 0 Å². The Morgan fingerprint density at radius 2 is 1.84 bits per heavy atom. The minimum Gasteiger partial charge on any atom is -0.494 e. The van der Waals surface area contributed by atoms with Crippen LogP contribution in [0.15, 0.2) is 24.3 Å². The summed E-state index contributed by atoms with van der Waals surface area (Å²) in [4.78, 5) is 0. The largest absolute Gasteiger partial charge is 0.573 e. The van der Waals surface area contributed by atoms with Gasteiger partial charge in [0.25, 0.3) is 0 Å². The van der Waals surface area contributed by atoms with Gasteiger partial charge < -0.3 is 9.47 Å². The molecule has 0 fully saturated rings. The third kappa shape index (κ3) is 3.63. The van der Waals surface area contributed by atoms with Gasteiger partial charge in [0.2, 0.25) is 5.75 Å². The van der Waals surface area contributed by atoms with Crippen molar-refractivity contribution >= 4 is 31.5 Å². The highest BCUT2D eigenvalue weighted by molar-refractivity contribution is 7.25. The number of hydrogen-bond acceptors (Lipinski definition) is 3. The normalized spacial score (nSPS) is 12.1. The SMILES string of the molecule is CCCCOc1ccc2c(c1)sc1c(F)c(OC(F)(F)F)c(F)cc12. The van der Waals surface area contributed by atoms with Crippen LogP contribution in [0.5, 0.6) is 11.5 Å². The van der Waals surface area contributed by atoms with Crippen molar-refractivity contribution in [3.63, 3.8) is 0 Å². The van der Waals surface area contributed by atoms with Crippen LogP contribution < -0.4 is 9.47 Å². The first-order valence-electron chi connectivity index (χ1n) is 7.53. The standard InChI is InChI=1S/C17H13F5O2S/c1-2-3-6-23-9-4-5-10-11-8-12(18)15(24-17(20,21)22)14(19)16(11)25-13(10)7-9/h4-5,7-8H,2-3,6H2,1H3. The molecule has 0 saturated heterocycles. The van der Waals surface area contributed by atoms with E-state index in [0.29, 0.717) is 22.4 Å². The van der Waals surface area contributed by atoms with Gasteiger partial charge in [0.1, 0.15) is 5.75 Å². The van der Waals surface area contributed by atoms with Gasteiger partial charge >= 0.3 is 6.36 Å². The molecule has 0 radical (unpaired) electrons. The molecule has 2 nitrogen and oxygen atoms in total. The number of fused-ring (bicyclic) bond motifs is 3. The number of ether oxygens (including phenoxy) is 2. The van der Waals surface area contributed by atoms with E-state index in [2.05, 4.69) is 4.74 Å². The first-order valence-corrected chi connectivity index (χ1v) is 8.34. The second-order valence-electron chi connectivity index (χ2n) is 5.39. The van der Waals surface area contributed by atoms with Gasteiger partial charge in [-0.1, -0.05) is 13.3 Å². The molecule has 3 rings (SSSR count). The minimum atomic E-state index is -5.17. The summed E-state index contributed by atoms with van der Waals surface area (Å²) in [5.41, 5.74) is 0. The number of hydrogen-bond donors (Lipinski definition) is 0. The summed E-state index contributed by atoms with van der Waals surface area (Å²) in [7, 11) is 0. The molecule has 0 saturated carbocycles. The summed E-state index contributed by atoms with van der Waals surface area (Å²) in [6.07, 6.45) is -3.33. The monoisotopic (exact) mass is 376 g/mol. The van der Waals surface area contributed by atoms with Crippen molar-refractivity contribution < 1.29 is 31.4 Å². The van der Waals surface area contributed by atoms with Gasteiger partial charge in [-0.2, -0.15) is 0 Å². The van der Waals surface area contributed by atoms with Crippen molar-refractivity contribution in [3.05, 3.63) is 35.9 Å². The van der Waals surface area contributed by atoms with E-state index in [9.17, 15) is 22.0 Å². The molecule has 1 heterocycles. The molecule has 0 aliphatic carbocycles. The smallest absolute Gasteiger partial charge is 0.494 e. The van der Waals surface area contributed by atoms with E-state index in [1.807, 2.05) is 6.92 Å².